The zero-order valence-corrected chi connectivity index (χ0v) is 34.1. The van der Waals surface area contributed by atoms with Gasteiger partial charge in [-0.1, -0.05) is 90.9 Å². The third-order valence-electron chi connectivity index (χ3n) is 8.61. The second kappa shape index (κ2) is 16.8. The van der Waals surface area contributed by atoms with Crippen LogP contribution in [0.2, 0.25) is 0 Å². The van der Waals surface area contributed by atoms with Crippen LogP contribution in [0.3, 0.4) is 0 Å². The number of rotatable bonds is 7. The van der Waals surface area contributed by atoms with Crippen molar-refractivity contribution in [2.45, 2.75) is 95.4 Å². The number of carbonyl (C=O) groups is 4. The Labute approximate surface area is 319 Å². The minimum Gasteiger partial charge on any atom is -0.274 e. The fourth-order valence-corrected chi connectivity index (χ4v) is 6.68. The molecule has 0 saturated carbocycles. The maximum Gasteiger partial charge on any atom is 0.271 e. The van der Waals surface area contributed by atoms with Gasteiger partial charge in [0.1, 0.15) is 11.1 Å². The van der Waals surface area contributed by atoms with Crippen molar-refractivity contribution >= 4 is 40.6 Å². The smallest absolute Gasteiger partial charge is 0.271 e. The summed E-state index contributed by atoms with van der Waals surface area (Å²) >= 11 is 0. The molecule has 4 amide bonds. The lowest BCUT2D eigenvalue weighted by molar-refractivity contribution is -0.116. The highest BCUT2D eigenvalue weighted by molar-refractivity contribution is 6.22. The first kappa shape index (κ1) is 43.1. The van der Waals surface area contributed by atoms with Gasteiger partial charge in [-0.3, -0.25) is 19.2 Å². The molecule has 4 rings (SSSR count). The number of hydrogen-bond acceptors (Lipinski definition) is 6. The Bertz CT molecular complexity index is 2090. The molecule has 0 N–H and O–H groups in total. The SMILES string of the molecule is CC(=O)N(C(=O)c1c(C)nn(C)c1F)c1ccccc1/C(C)=C\C(C)(C)C.CC(=O)N(C(=O)c1c(C)nn(C)c1F)c1ccccc1C(C)CC(C)(C)C.[HH]. The van der Waals surface area contributed by atoms with Gasteiger partial charge in [0.2, 0.25) is 23.7 Å². The van der Waals surface area contributed by atoms with Gasteiger partial charge in [0.05, 0.1) is 22.8 Å². The Hall–Kier alpha value is -5.26. The van der Waals surface area contributed by atoms with E-state index in [0.717, 1.165) is 42.3 Å². The lowest BCUT2D eigenvalue weighted by Gasteiger charge is -2.28. The van der Waals surface area contributed by atoms with Crippen LogP contribution in [0.5, 0.6) is 0 Å². The predicted octanol–water partition coefficient (Wildman–Crippen LogP) is 9.36. The van der Waals surface area contributed by atoms with E-state index in [1.165, 1.54) is 27.9 Å². The standard InChI is InChI=1S/C21H28FN3O2.C21H26FN3O2.H2/c2*1-13(12-21(4,5)6)16-10-8-9-11-17(16)25(15(3)26)20(27)18-14(2)23-24(7)19(18)22;/h8-11,13H,12H2,1-7H3;8-12H,1-7H3;1H/b;13-12-;. The van der Waals surface area contributed by atoms with Crippen LogP contribution in [0.25, 0.3) is 5.57 Å². The summed E-state index contributed by atoms with van der Waals surface area (Å²) in [4.78, 5) is 53.1. The lowest BCUT2D eigenvalue weighted by atomic mass is 9.82. The Balaban J connectivity index is 0.000000373. The molecule has 12 heteroatoms. The summed E-state index contributed by atoms with van der Waals surface area (Å²) in [5.41, 5.74) is 3.63. The van der Waals surface area contributed by atoms with Crippen molar-refractivity contribution < 1.29 is 29.4 Å². The number of carbonyl (C=O) groups excluding carboxylic acids is 4. The summed E-state index contributed by atoms with van der Waals surface area (Å²) < 4.78 is 30.9. The maximum absolute atomic E-state index is 14.4. The molecular weight excluding hydrogens is 690 g/mol. The number of anilines is 2. The van der Waals surface area contributed by atoms with Crippen molar-refractivity contribution in [3.63, 3.8) is 0 Å². The number of aryl methyl sites for hydroxylation is 4. The number of halogens is 2. The van der Waals surface area contributed by atoms with Crippen molar-refractivity contribution in [3.05, 3.63) is 100 Å². The molecule has 0 fully saturated rings. The fraction of sp³-hybridized carbons (Fsp3) is 0.429. The van der Waals surface area contributed by atoms with Crippen LogP contribution >= 0.6 is 0 Å². The highest BCUT2D eigenvalue weighted by atomic mass is 19.1. The largest absolute Gasteiger partial charge is 0.274 e. The molecule has 0 bridgehead atoms. The average molecular weight is 747 g/mol. The van der Waals surface area contributed by atoms with Crippen molar-refractivity contribution in [1.82, 2.24) is 19.6 Å². The molecule has 4 aromatic rings. The maximum atomic E-state index is 14.4. The first-order valence-electron chi connectivity index (χ1n) is 17.8. The van der Waals surface area contributed by atoms with E-state index in [-0.39, 0.29) is 40.7 Å². The van der Waals surface area contributed by atoms with Gasteiger partial charge in [-0.25, -0.2) is 19.2 Å². The lowest BCUT2D eigenvalue weighted by Crippen LogP contribution is -2.37. The van der Waals surface area contributed by atoms with Crippen LogP contribution in [-0.4, -0.2) is 43.2 Å². The number of nitrogens with zero attached hydrogens (tertiary/aromatic N) is 6. The van der Waals surface area contributed by atoms with E-state index in [0.29, 0.717) is 11.4 Å². The summed E-state index contributed by atoms with van der Waals surface area (Å²) in [6.07, 6.45) is 2.95. The number of hydrogen-bond donors (Lipinski definition) is 0. The Morgan fingerprint density at radius 3 is 1.54 bits per heavy atom. The van der Waals surface area contributed by atoms with Gasteiger partial charge >= 0.3 is 0 Å². The second-order valence-corrected chi connectivity index (χ2v) is 16.0. The van der Waals surface area contributed by atoms with Crippen molar-refractivity contribution in [1.29, 1.82) is 0 Å². The van der Waals surface area contributed by atoms with Crippen LogP contribution < -0.4 is 9.80 Å². The number of para-hydroxylation sites is 2. The number of amides is 4. The quantitative estimate of drug-likeness (QED) is 0.186. The summed E-state index contributed by atoms with van der Waals surface area (Å²) in [6.45, 7) is 22.4. The first-order chi connectivity index (χ1) is 24.9. The zero-order chi connectivity index (χ0) is 41.0. The third-order valence-corrected chi connectivity index (χ3v) is 8.61. The molecule has 0 aliphatic heterocycles. The highest BCUT2D eigenvalue weighted by Gasteiger charge is 2.32. The molecule has 0 aliphatic carbocycles. The Kier molecular flexibility index (Phi) is 13.4. The molecule has 54 heavy (non-hydrogen) atoms. The Morgan fingerprint density at radius 1 is 0.741 bits per heavy atom. The van der Waals surface area contributed by atoms with E-state index >= 15 is 0 Å². The van der Waals surface area contributed by atoms with E-state index in [2.05, 4.69) is 64.7 Å². The monoisotopic (exact) mass is 746 g/mol. The van der Waals surface area contributed by atoms with Crippen LogP contribution in [0, 0.1) is 36.6 Å². The zero-order valence-electron chi connectivity index (χ0n) is 34.1. The van der Waals surface area contributed by atoms with Gasteiger partial charge in [0.15, 0.2) is 0 Å². The van der Waals surface area contributed by atoms with Crippen molar-refractivity contribution in [2.75, 3.05) is 9.80 Å². The van der Waals surface area contributed by atoms with Crippen LogP contribution in [0.15, 0.2) is 54.6 Å². The number of allylic oxidation sites excluding steroid dienone is 2. The molecule has 0 saturated heterocycles. The summed E-state index contributed by atoms with van der Waals surface area (Å²) in [5.74, 6) is -3.75. The first-order valence-corrected chi connectivity index (χ1v) is 17.8. The highest BCUT2D eigenvalue weighted by Crippen LogP contribution is 2.37. The molecule has 1 unspecified atom stereocenters. The van der Waals surface area contributed by atoms with E-state index < -0.39 is 35.5 Å². The van der Waals surface area contributed by atoms with Gasteiger partial charge in [-0.2, -0.15) is 19.0 Å². The molecular formula is C42H56F2N6O4. The van der Waals surface area contributed by atoms with Gasteiger partial charge in [-0.15, -0.1) is 0 Å². The number of imide groups is 2. The minimum absolute atomic E-state index is 0. The molecule has 10 nitrogen and oxygen atoms in total. The topological polar surface area (TPSA) is 110 Å². The molecule has 2 aromatic carbocycles. The Morgan fingerprint density at radius 2 is 1.15 bits per heavy atom. The predicted molar refractivity (Wildman–Crippen MR) is 211 cm³/mol. The summed E-state index contributed by atoms with van der Waals surface area (Å²) in [6, 6.07) is 14.4. The molecule has 2 heterocycles. The van der Waals surface area contributed by atoms with Crippen molar-refractivity contribution in [2.24, 2.45) is 24.9 Å². The van der Waals surface area contributed by atoms with Gasteiger partial charge in [0, 0.05) is 34.9 Å². The molecule has 0 aliphatic rings. The van der Waals surface area contributed by atoms with E-state index in [1.807, 2.05) is 31.2 Å². The van der Waals surface area contributed by atoms with E-state index in [1.54, 1.807) is 38.1 Å². The fourth-order valence-electron chi connectivity index (χ4n) is 6.68. The normalized spacial score (nSPS) is 12.5. The third kappa shape index (κ3) is 10.0. The van der Waals surface area contributed by atoms with Gasteiger partial charge in [0.25, 0.3) is 11.8 Å². The summed E-state index contributed by atoms with van der Waals surface area (Å²) in [7, 11) is 2.85. The second-order valence-electron chi connectivity index (χ2n) is 16.0. The number of aromatic nitrogens is 4. The number of benzene rings is 2. The van der Waals surface area contributed by atoms with Crippen LogP contribution in [0.1, 0.15) is 126 Å². The van der Waals surface area contributed by atoms with Crippen LogP contribution in [0.4, 0.5) is 20.2 Å². The van der Waals surface area contributed by atoms with Gasteiger partial charge in [-0.05, 0) is 67.2 Å². The van der Waals surface area contributed by atoms with Crippen molar-refractivity contribution in [3.8, 4) is 0 Å². The molecule has 0 radical (unpaired) electrons. The van der Waals surface area contributed by atoms with Gasteiger partial charge < -0.3 is 0 Å². The van der Waals surface area contributed by atoms with E-state index in [4.69, 9.17) is 0 Å². The molecule has 292 valence electrons. The average Bonchev–Trinajstić information content (AvgIpc) is 3.45. The van der Waals surface area contributed by atoms with Crippen LogP contribution in [-0.2, 0) is 23.7 Å². The molecule has 0 spiro atoms. The minimum atomic E-state index is -0.761. The molecule has 2 aromatic heterocycles. The molecule has 1 atom stereocenters. The van der Waals surface area contributed by atoms with E-state index in [9.17, 15) is 28.0 Å². The summed E-state index contributed by atoms with van der Waals surface area (Å²) in [5, 5.41) is 7.90.